The monoisotopic (exact) mass is 433 g/mol. The number of hydrogen-bond donors (Lipinski definition) is 2. The summed E-state index contributed by atoms with van der Waals surface area (Å²) in [6, 6.07) is 20.3. The van der Waals surface area contributed by atoms with Gasteiger partial charge < -0.3 is 10.4 Å². The Morgan fingerprint density at radius 1 is 0.968 bits per heavy atom. The van der Waals surface area contributed by atoms with Gasteiger partial charge in [0.05, 0.1) is 10.5 Å². The van der Waals surface area contributed by atoms with Crippen molar-refractivity contribution < 1.29 is 14.8 Å². The maximum absolute atomic E-state index is 12.6. The van der Waals surface area contributed by atoms with Crippen LogP contribution in [0.25, 0.3) is 10.9 Å². The molecule has 0 saturated carbocycles. The number of nitro benzene ring substituents is 1. The van der Waals surface area contributed by atoms with Gasteiger partial charge in [-0.3, -0.25) is 19.9 Å². The summed E-state index contributed by atoms with van der Waals surface area (Å²) in [6.45, 7) is 0. The number of aromatic hydroxyl groups is 1. The molecule has 0 atom stereocenters. The smallest absolute Gasteiger partial charge is 0.269 e. The highest BCUT2D eigenvalue weighted by Crippen LogP contribution is 2.31. The predicted octanol–water partition coefficient (Wildman–Crippen LogP) is 5.89. The first-order valence-electron chi connectivity index (χ1n) is 8.92. The molecular weight excluding hydrogens is 414 g/mol. The lowest BCUT2D eigenvalue weighted by Crippen LogP contribution is -2.12. The molecule has 4 rings (SSSR count). The number of carbonyl (C=O) groups excluding carboxylic acids is 1. The number of fused-ring (bicyclic) bond motifs is 1. The molecule has 1 amide bonds. The van der Waals surface area contributed by atoms with Crippen molar-refractivity contribution in [1.82, 2.24) is 4.98 Å². The number of benzene rings is 3. The average Bonchev–Trinajstić information content (AvgIpc) is 2.76. The molecule has 2 N–H and O–H groups in total. The Labute approximate surface area is 182 Å². The second kappa shape index (κ2) is 9.27. The van der Waals surface area contributed by atoms with Crippen LogP contribution in [0, 0.1) is 10.1 Å². The summed E-state index contributed by atoms with van der Waals surface area (Å²) < 4.78 is 0. The third-order valence-electron chi connectivity index (χ3n) is 4.39. The molecule has 156 valence electrons. The second-order valence-electron chi connectivity index (χ2n) is 6.37. The van der Waals surface area contributed by atoms with E-state index in [0.717, 1.165) is 15.2 Å². The van der Waals surface area contributed by atoms with Crippen molar-refractivity contribution in [3.05, 3.63) is 94.7 Å². The summed E-state index contributed by atoms with van der Waals surface area (Å²) in [5, 5.41) is 24.6. The molecule has 0 bridgehead atoms. The molecule has 0 aliphatic rings. The molecule has 8 heteroatoms. The molecule has 0 aliphatic carbocycles. The Morgan fingerprint density at radius 2 is 1.61 bits per heavy atom. The number of phenolic OH excluding ortho intramolecular Hbond substituents is 1. The quantitative estimate of drug-likeness (QED) is 0.300. The van der Waals surface area contributed by atoms with Crippen LogP contribution in [0.1, 0.15) is 17.8 Å². The Bertz CT molecular complexity index is 1240. The van der Waals surface area contributed by atoms with Crippen LogP contribution in [0.15, 0.2) is 88.8 Å². The second-order valence-corrected chi connectivity index (χ2v) is 7.52. The summed E-state index contributed by atoms with van der Waals surface area (Å²) in [5.74, 6) is -0.591. The minimum absolute atomic E-state index is 0. The zero-order chi connectivity index (χ0) is 21.1. The van der Waals surface area contributed by atoms with Gasteiger partial charge in [-0.1, -0.05) is 31.3 Å². The van der Waals surface area contributed by atoms with Crippen molar-refractivity contribution >= 4 is 39.9 Å². The Kier molecular flexibility index (Phi) is 6.52. The molecule has 0 aliphatic heterocycles. The fourth-order valence-corrected chi connectivity index (χ4v) is 3.71. The third kappa shape index (κ3) is 4.81. The maximum atomic E-state index is 12.6. The first-order chi connectivity index (χ1) is 14.5. The highest BCUT2D eigenvalue weighted by Gasteiger charge is 2.15. The van der Waals surface area contributed by atoms with Crippen LogP contribution < -0.4 is 5.32 Å². The minimum Gasteiger partial charge on any atom is -0.505 e. The number of amides is 1. The van der Waals surface area contributed by atoms with Crippen molar-refractivity contribution in [2.75, 3.05) is 5.32 Å². The summed E-state index contributed by atoms with van der Waals surface area (Å²) in [6.07, 6.45) is 1.56. The highest BCUT2D eigenvalue weighted by molar-refractivity contribution is 7.99. The van der Waals surface area contributed by atoms with Crippen molar-refractivity contribution in [2.24, 2.45) is 0 Å². The van der Waals surface area contributed by atoms with E-state index >= 15 is 0 Å². The lowest BCUT2D eigenvalue weighted by molar-refractivity contribution is -0.384. The van der Waals surface area contributed by atoms with Crippen LogP contribution in [0.3, 0.4) is 0 Å². The van der Waals surface area contributed by atoms with Gasteiger partial charge in [0, 0.05) is 39.2 Å². The van der Waals surface area contributed by atoms with E-state index < -0.39 is 10.8 Å². The zero-order valence-corrected chi connectivity index (χ0v) is 16.3. The standard InChI is InChI=1S/C22H15N3O4S.CH4/c26-21-19(12-3-14-2-1-13-23-20(14)21)22(27)24-15-4-8-17(9-5-15)30-18-10-6-16(7-11-18)25(28)29;/h1-13,26H,(H,24,27);1H4. The SMILES string of the molecule is C.O=C(Nc1ccc(Sc2ccc([N+](=O)[O-])cc2)cc1)c1ccc2cccnc2c1O. The largest absolute Gasteiger partial charge is 0.505 e. The fraction of sp³-hybridized carbons (Fsp3) is 0.0435. The highest BCUT2D eigenvalue weighted by atomic mass is 32.2. The first-order valence-corrected chi connectivity index (χ1v) is 9.73. The van der Waals surface area contributed by atoms with E-state index in [2.05, 4.69) is 10.3 Å². The molecule has 7 nitrogen and oxygen atoms in total. The number of hydrogen-bond acceptors (Lipinski definition) is 6. The number of nitrogens with one attached hydrogen (secondary N) is 1. The van der Waals surface area contributed by atoms with Crippen LogP contribution in [0.2, 0.25) is 0 Å². The van der Waals surface area contributed by atoms with E-state index in [1.807, 2.05) is 18.2 Å². The number of rotatable bonds is 5. The van der Waals surface area contributed by atoms with Crippen molar-refractivity contribution in [3.63, 3.8) is 0 Å². The van der Waals surface area contributed by atoms with Crippen molar-refractivity contribution in [1.29, 1.82) is 0 Å². The Morgan fingerprint density at radius 3 is 2.26 bits per heavy atom. The van der Waals surface area contributed by atoms with Crippen LogP contribution >= 0.6 is 11.8 Å². The van der Waals surface area contributed by atoms with Gasteiger partial charge in [0.15, 0.2) is 5.75 Å². The number of phenols is 1. The normalized spacial score (nSPS) is 10.3. The van der Waals surface area contributed by atoms with Gasteiger partial charge >= 0.3 is 0 Å². The molecule has 0 radical (unpaired) electrons. The number of anilines is 1. The molecule has 31 heavy (non-hydrogen) atoms. The lowest BCUT2D eigenvalue weighted by atomic mass is 10.1. The van der Waals surface area contributed by atoms with Crippen LogP contribution in [-0.4, -0.2) is 20.9 Å². The van der Waals surface area contributed by atoms with Gasteiger partial charge in [-0.05, 0) is 48.5 Å². The lowest BCUT2D eigenvalue weighted by Gasteiger charge is -2.09. The maximum Gasteiger partial charge on any atom is 0.269 e. The van der Waals surface area contributed by atoms with E-state index in [1.54, 1.807) is 48.7 Å². The minimum atomic E-state index is -0.435. The summed E-state index contributed by atoms with van der Waals surface area (Å²) in [5.41, 5.74) is 1.14. The molecule has 0 unspecified atom stereocenters. The number of pyridine rings is 1. The van der Waals surface area contributed by atoms with Gasteiger partial charge in [0.1, 0.15) is 5.52 Å². The van der Waals surface area contributed by atoms with Gasteiger partial charge in [0.2, 0.25) is 0 Å². The van der Waals surface area contributed by atoms with E-state index in [1.165, 1.54) is 23.9 Å². The van der Waals surface area contributed by atoms with E-state index in [-0.39, 0.29) is 24.4 Å². The molecule has 4 aromatic rings. The van der Waals surface area contributed by atoms with Gasteiger partial charge in [-0.2, -0.15) is 0 Å². The van der Waals surface area contributed by atoms with Crippen molar-refractivity contribution in [2.45, 2.75) is 17.2 Å². The Balaban J connectivity index is 0.00000272. The van der Waals surface area contributed by atoms with E-state index in [0.29, 0.717) is 11.2 Å². The van der Waals surface area contributed by atoms with Gasteiger partial charge in [-0.15, -0.1) is 0 Å². The summed E-state index contributed by atoms with van der Waals surface area (Å²) >= 11 is 1.45. The van der Waals surface area contributed by atoms with E-state index in [4.69, 9.17) is 0 Å². The van der Waals surface area contributed by atoms with Crippen molar-refractivity contribution in [3.8, 4) is 5.75 Å². The molecule has 1 aromatic heterocycles. The number of non-ortho nitro benzene ring substituents is 1. The first kappa shape index (κ1) is 21.8. The molecule has 3 aromatic carbocycles. The average molecular weight is 433 g/mol. The van der Waals surface area contributed by atoms with Gasteiger partial charge in [-0.25, -0.2) is 0 Å². The molecule has 0 fully saturated rings. The molecule has 0 saturated heterocycles. The number of aromatic nitrogens is 1. The third-order valence-corrected chi connectivity index (χ3v) is 5.40. The van der Waals surface area contributed by atoms with Crippen LogP contribution in [0.5, 0.6) is 5.75 Å². The van der Waals surface area contributed by atoms with E-state index in [9.17, 15) is 20.0 Å². The Hall–Kier alpha value is -3.91. The van der Waals surface area contributed by atoms with Gasteiger partial charge in [0.25, 0.3) is 11.6 Å². The predicted molar refractivity (Wildman–Crippen MR) is 122 cm³/mol. The number of nitrogens with zero attached hydrogens (tertiary/aromatic N) is 2. The number of nitro groups is 1. The molecule has 1 heterocycles. The number of carbonyl (C=O) groups is 1. The van der Waals surface area contributed by atoms with Crippen LogP contribution in [-0.2, 0) is 0 Å². The summed E-state index contributed by atoms with van der Waals surface area (Å²) in [4.78, 5) is 28.8. The van der Waals surface area contributed by atoms with Crippen LogP contribution in [0.4, 0.5) is 11.4 Å². The molecule has 0 spiro atoms. The molecular formula is C23H19N3O4S. The summed E-state index contributed by atoms with van der Waals surface area (Å²) in [7, 11) is 0. The zero-order valence-electron chi connectivity index (χ0n) is 15.5. The fourth-order valence-electron chi connectivity index (χ4n) is 2.89. The topological polar surface area (TPSA) is 105 Å².